The lowest BCUT2D eigenvalue weighted by atomic mass is 9.89. The van der Waals surface area contributed by atoms with Crippen LogP contribution in [0.1, 0.15) is 64.3 Å². The van der Waals surface area contributed by atoms with Crippen LogP contribution in [-0.2, 0) is 0 Å². The third-order valence-electron chi connectivity index (χ3n) is 5.78. The Kier molecular flexibility index (Phi) is 6.57. The fourth-order valence-corrected chi connectivity index (χ4v) is 4.19. The first-order chi connectivity index (χ1) is 13.9. The summed E-state index contributed by atoms with van der Waals surface area (Å²) in [5.41, 5.74) is 5.31. The SMILES string of the molecule is CNC(=O)N1CCC[C@@H](c2cccc(C(=O)N[C@@H](C)c3ccc(C)cc3C)c2)C1. The third kappa shape index (κ3) is 4.97. The molecule has 29 heavy (non-hydrogen) atoms. The molecule has 2 N–H and O–H groups in total. The first-order valence-corrected chi connectivity index (χ1v) is 10.3. The van der Waals surface area contributed by atoms with Crippen molar-refractivity contribution in [3.05, 3.63) is 70.3 Å². The predicted octanol–water partition coefficient (Wildman–Crippen LogP) is 4.31. The van der Waals surface area contributed by atoms with Crippen molar-refractivity contribution in [1.82, 2.24) is 15.5 Å². The number of aryl methyl sites for hydroxylation is 2. The van der Waals surface area contributed by atoms with Gasteiger partial charge in [-0.2, -0.15) is 0 Å². The molecule has 0 aliphatic carbocycles. The average Bonchev–Trinajstić information content (AvgIpc) is 2.73. The third-order valence-corrected chi connectivity index (χ3v) is 5.78. The highest BCUT2D eigenvalue weighted by molar-refractivity contribution is 5.94. The van der Waals surface area contributed by atoms with Crippen molar-refractivity contribution in [1.29, 1.82) is 0 Å². The molecule has 0 unspecified atom stereocenters. The average molecular weight is 394 g/mol. The summed E-state index contributed by atoms with van der Waals surface area (Å²) in [7, 11) is 1.66. The number of amides is 3. The summed E-state index contributed by atoms with van der Waals surface area (Å²) in [6, 6.07) is 14.0. The number of hydrogen-bond donors (Lipinski definition) is 2. The van der Waals surface area contributed by atoms with Gasteiger partial charge in [0, 0.05) is 31.6 Å². The molecule has 1 saturated heterocycles. The molecule has 154 valence electrons. The van der Waals surface area contributed by atoms with Crippen LogP contribution in [-0.4, -0.2) is 37.0 Å². The van der Waals surface area contributed by atoms with Gasteiger partial charge in [0.1, 0.15) is 0 Å². The summed E-state index contributed by atoms with van der Waals surface area (Å²) in [6.07, 6.45) is 2.00. The maximum absolute atomic E-state index is 12.9. The number of nitrogens with zero attached hydrogens (tertiary/aromatic N) is 1. The van der Waals surface area contributed by atoms with Crippen LogP contribution in [0.15, 0.2) is 42.5 Å². The van der Waals surface area contributed by atoms with E-state index < -0.39 is 0 Å². The van der Waals surface area contributed by atoms with E-state index >= 15 is 0 Å². The number of carbonyl (C=O) groups excluding carboxylic acids is 2. The molecule has 0 saturated carbocycles. The Labute approximate surface area is 173 Å². The first-order valence-electron chi connectivity index (χ1n) is 10.3. The Morgan fingerprint density at radius 1 is 1.14 bits per heavy atom. The van der Waals surface area contributed by atoms with Crippen molar-refractivity contribution in [2.45, 2.75) is 45.6 Å². The normalized spacial score (nSPS) is 17.5. The highest BCUT2D eigenvalue weighted by atomic mass is 16.2. The van der Waals surface area contributed by atoms with Gasteiger partial charge in [-0.05, 0) is 62.4 Å². The molecule has 0 aromatic heterocycles. The van der Waals surface area contributed by atoms with Gasteiger partial charge in [-0.25, -0.2) is 4.79 Å². The lowest BCUT2D eigenvalue weighted by Gasteiger charge is -2.32. The molecular formula is C24H31N3O2. The fraction of sp³-hybridized carbons (Fsp3) is 0.417. The van der Waals surface area contributed by atoms with E-state index in [9.17, 15) is 9.59 Å². The minimum Gasteiger partial charge on any atom is -0.346 e. The number of carbonyl (C=O) groups is 2. The van der Waals surface area contributed by atoms with Crippen LogP contribution in [0.25, 0.3) is 0 Å². The van der Waals surface area contributed by atoms with Crippen LogP contribution in [0, 0.1) is 13.8 Å². The Bertz CT molecular complexity index is 893. The van der Waals surface area contributed by atoms with E-state index in [0.717, 1.165) is 30.5 Å². The number of likely N-dealkylation sites (tertiary alicyclic amines) is 1. The van der Waals surface area contributed by atoms with E-state index in [4.69, 9.17) is 0 Å². The zero-order chi connectivity index (χ0) is 21.0. The zero-order valence-corrected chi connectivity index (χ0v) is 17.8. The van der Waals surface area contributed by atoms with Gasteiger partial charge in [0.05, 0.1) is 6.04 Å². The van der Waals surface area contributed by atoms with Crippen molar-refractivity contribution in [3.8, 4) is 0 Å². The topological polar surface area (TPSA) is 61.4 Å². The Hall–Kier alpha value is -2.82. The van der Waals surface area contributed by atoms with Gasteiger partial charge in [0.2, 0.25) is 0 Å². The van der Waals surface area contributed by atoms with Crippen molar-refractivity contribution >= 4 is 11.9 Å². The standard InChI is InChI=1S/C24H31N3O2/c1-16-10-11-22(17(2)13-16)18(3)26-23(28)20-8-5-7-19(14-20)21-9-6-12-27(15-21)24(29)25-4/h5,7-8,10-11,13-14,18,21H,6,9,12,15H2,1-4H3,(H,25,29)(H,26,28)/t18-,21+/m0/s1. The first kappa shape index (κ1) is 20.9. The van der Waals surface area contributed by atoms with E-state index in [1.54, 1.807) is 7.05 Å². The predicted molar refractivity (Wildman–Crippen MR) is 116 cm³/mol. The number of urea groups is 1. The van der Waals surface area contributed by atoms with Gasteiger partial charge in [-0.3, -0.25) is 4.79 Å². The minimum atomic E-state index is -0.0710. The molecule has 5 heteroatoms. The van der Waals surface area contributed by atoms with Gasteiger partial charge in [-0.15, -0.1) is 0 Å². The highest BCUT2D eigenvalue weighted by Gasteiger charge is 2.24. The maximum atomic E-state index is 12.9. The molecule has 1 aliphatic heterocycles. The van der Waals surface area contributed by atoms with Gasteiger partial charge in [-0.1, -0.05) is 35.9 Å². The van der Waals surface area contributed by atoms with Crippen LogP contribution in [0.5, 0.6) is 0 Å². The van der Waals surface area contributed by atoms with E-state index in [1.165, 1.54) is 11.1 Å². The number of piperidine rings is 1. The van der Waals surface area contributed by atoms with Crippen LogP contribution >= 0.6 is 0 Å². The summed E-state index contributed by atoms with van der Waals surface area (Å²) < 4.78 is 0. The van der Waals surface area contributed by atoms with E-state index in [2.05, 4.69) is 48.7 Å². The Morgan fingerprint density at radius 3 is 2.66 bits per heavy atom. The summed E-state index contributed by atoms with van der Waals surface area (Å²) in [6.45, 7) is 7.63. The molecule has 1 aliphatic rings. The molecule has 0 radical (unpaired) electrons. The number of rotatable bonds is 4. The quantitative estimate of drug-likeness (QED) is 0.813. The molecule has 2 aromatic rings. The largest absolute Gasteiger partial charge is 0.346 e. The molecule has 0 spiro atoms. The van der Waals surface area contributed by atoms with Gasteiger partial charge in [0.15, 0.2) is 0 Å². The molecular weight excluding hydrogens is 362 g/mol. The smallest absolute Gasteiger partial charge is 0.317 e. The molecule has 1 heterocycles. The molecule has 3 rings (SSSR count). The fourth-order valence-electron chi connectivity index (χ4n) is 4.19. The highest BCUT2D eigenvalue weighted by Crippen LogP contribution is 2.28. The van der Waals surface area contributed by atoms with Crippen molar-refractivity contribution < 1.29 is 9.59 Å². The lowest BCUT2D eigenvalue weighted by Crippen LogP contribution is -2.43. The molecule has 3 amide bonds. The van der Waals surface area contributed by atoms with Crippen molar-refractivity contribution in [2.75, 3.05) is 20.1 Å². The summed E-state index contributed by atoms with van der Waals surface area (Å²) in [5, 5.41) is 5.83. The second-order valence-corrected chi connectivity index (χ2v) is 8.02. The Morgan fingerprint density at radius 2 is 1.93 bits per heavy atom. The monoisotopic (exact) mass is 393 g/mol. The molecule has 2 atom stereocenters. The van der Waals surface area contributed by atoms with Crippen molar-refractivity contribution in [3.63, 3.8) is 0 Å². The number of nitrogens with one attached hydrogen (secondary N) is 2. The number of hydrogen-bond acceptors (Lipinski definition) is 2. The molecule has 2 aromatic carbocycles. The number of benzene rings is 2. The summed E-state index contributed by atoms with van der Waals surface area (Å²) >= 11 is 0. The van der Waals surface area contributed by atoms with Crippen LogP contribution in [0.4, 0.5) is 4.79 Å². The van der Waals surface area contributed by atoms with Crippen molar-refractivity contribution in [2.24, 2.45) is 0 Å². The lowest BCUT2D eigenvalue weighted by molar-refractivity contribution is 0.0939. The van der Waals surface area contributed by atoms with Gasteiger partial charge < -0.3 is 15.5 Å². The Balaban J connectivity index is 1.71. The summed E-state index contributed by atoms with van der Waals surface area (Å²) in [5.74, 6) is 0.184. The van der Waals surface area contributed by atoms with Crippen LogP contribution in [0.2, 0.25) is 0 Å². The van der Waals surface area contributed by atoms with E-state index in [1.807, 2.05) is 30.0 Å². The maximum Gasteiger partial charge on any atom is 0.317 e. The van der Waals surface area contributed by atoms with E-state index in [-0.39, 0.29) is 23.9 Å². The molecule has 1 fully saturated rings. The van der Waals surface area contributed by atoms with Crippen LogP contribution in [0.3, 0.4) is 0 Å². The van der Waals surface area contributed by atoms with Gasteiger partial charge in [0.25, 0.3) is 5.91 Å². The minimum absolute atomic E-state index is 0.0362. The second kappa shape index (κ2) is 9.12. The summed E-state index contributed by atoms with van der Waals surface area (Å²) in [4.78, 5) is 26.7. The molecule has 0 bridgehead atoms. The molecule has 5 nitrogen and oxygen atoms in total. The van der Waals surface area contributed by atoms with E-state index in [0.29, 0.717) is 12.1 Å². The second-order valence-electron chi connectivity index (χ2n) is 8.02. The van der Waals surface area contributed by atoms with Crippen LogP contribution < -0.4 is 10.6 Å². The zero-order valence-electron chi connectivity index (χ0n) is 17.8. The van der Waals surface area contributed by atoms with Gasteiger partial charge >= 0.3 is 6.03 Å².